The van der Waals surface area contributed by atoms with Crippen molar-refractivity contribution in [1.29, 1.82) is 0 Å². The van der Waals surface area contributed by atoms with Crippen LogP contribution in [0.15, 0.2) is 12.5 Å². The third-order valence-electron chi connectivity index (χ3n) is 2.70. The predicted octanol–water partition coefficient (Wildman–Crippen LogP) is 1.76. The summed E-state index contributed by atoms with van der Waals surface area (Å²) in [7, 11) is 0. The molecule has 1 aliphatic rings. The van der Waals surface area contributed by atoms with Crippen molar-refractivity contribution in [3.8, 4) is 0 Å². The normalized spacial score (nSPS) is 16.1. The minimum absolute atomic E-state index is 0.809. The Hall–Kier alpha value is -0.830. The molecule has 0 atom stereocenters. The van der Waals surface area contributed by atoms with E-state index in [9.17, 15) is 0 Å². The SMILES string of the molecule is CCCNCCn1cncc1C1CC1. The molecule has 3 heteroatoms. The molecule has 1 heterocycles. The Morgan fingerprint density at radius 2 is 2.36 bits per heavy atom. The fourth-order valence-corrected chi connectivity index (χ4v) is 1.74. The van der Waals surface area contributed by atoms with E-state index in [0.717, 1.165) is 25.6 Å². The van der Waals surface area contributed by atoms with Gasteiger partial charge in [-0.2, -0.15) is 0 Å². The van der Waals surface area contributed by atoms with E-state index in [4.69, 9.17) is 0 Å². The van der Waals surface area contributed by atoms with Crippen molar-refractivity contribution in [2.75, 3.05) is 13.1 Å². The Bertz CT molecular complexity index is 276. The van der Waals surface area contributed by atoms with Crippen LogP contribution < -0.4 is 5.32 Å². The molecule has 0 bridgehead atoms. The number of aromatic nitrogens is 2. The van der Waals surface area contributed by atoms with Crippen LogP contribution in [0.2, 0.25) is 0 Å². The van der Waals surface area contributed by atoms with Crippen molar-refractivity contribution >= 4 is 0 Å². The van der Waals surface area contributed by atoms with Crippen LogP contribution in [0.5, 0.6) is 0 Å². The van der Waals surface area contributed by atoms with Crippen LogP contribution in [0.4, 0.5) is 0 Å². The smallest absolute Gasteiger partial charge is 0.0948 e. The lowest BCUT2D eigenvalue weighted by Crippen LogP contribution is -2.20. The van der Waals surface area contributed by atoms with Crippen molar-refractivity contribution in [2.24, 2.45) is 0 Å². The molecular weight excluding hydrogens is 174 g/mol. The molecule has 78 valence electrons. The first-order valence-electron chi connectivity index (χ1n) is 5.62. The average molecular weight is 193 g/mol. The van der Waals surface area contributed by atoms with Crippen molar-refractivity contribution in [1.82, 2.24) is 14.9 Å². The Balaban J connectivity index is 1.80. The number of hydrogen-bond donors (Lipinski definition) is 1. The lowest BCUT2D eigenvalue weighted by Gasteiger charge is -2.07. The van der Waals surface area contributed by atoms with Gasteiger partial charge in [0.15, 0.2) is 0 Å². The highest BCUT2D eigenvalue weighted by Crippen LogP contribution is 2.39. The number of hydrogen-bond acceptors (Lipinski definition) is 2. The topological polar surface area (TPSA) is 29.9 Å². The highest BCUT2D eigenvalue weighted by Gasteiger charge is 2.26. The monoisotopic (exact) mass is 193 g/mol. The van der Waals surface area contributed by atoms with Gasteiger partial charge in [0.25, 0.3) is 0 Å². The lowest BCUT2D eigenvalue weighted by molar-refractivity contribution is 0.580. The summed E-state index contributed by atoms with van der Waals surface area (Å²) < 4.78 is 2.29. The van der Waals surface area contributed by atoms with E-state index in [2.05, 4.69) is 21.8 Å². The molecule has 0 aliphatic heterocycles. The maximum Gasteiger partial charge on any atom is 0.0948 e. The molecule has 0 saturated heterocycles. The van der Waals surface area contributed by atoms with Gasteiger partial charge < -0.3 is 9.88 Å². The molecule has 1 aliphatic carbocycles. The largest absolute Gasteiger partial charge is 0.333 e. The maximum absolute atomic E-state index is 4.22. The third-order valence-corrected chi connectivity index (χ3v) is 2.70. The second-order valence-corrected chi connectivity index (χ2v) is 4.04. The minimum atomic E-state index is 0.809. The van der Waals surface area contributed by atoms with Crippen LogP contribution in [-0.2, 0) is 6.54 Å². The molecule has 1 fully saturated rings. The van der Waals surface area contributed by atoms with E-state index in [0.29, 0.717) is 0 Å². The summed E-state index contributed by atoms with van der Waals surface area (Å²) in [5.74, 6) is 0.809. The van der Waals surface area contributed by atoms with Crippen LogP contribution >= 0.6 is 0 Å². The van der Waals surface area contributed by atoms with Gasteiger partial charge in [-0.25, -0.2) is 4.98 Å². The molecule has 1 N–H and O–H groups in total. The summed E-state index contributed by atoms with van der Waals surface area (Å²) in [5.41, 5.74) is 1.43. The van der Waals surface area contributed by atoms with Crippen molar-refractivity contribution < 1.29 is 0 Å². The summed E-state index contributed by atoms with van der Waals surface area (Å²) in [4.78, 5) is 4.22. The first kappa shape index (κ1) is 9.71. The zero-order valence-electron chi connectivity index (χ0n) is 8.87. The molecular formula is C11H19N3. The molecule has 0 radical (unpaired) electrons. The highest BCUT2D eigenvalue weighted by molar-refractivity contribution is 5.12. The zero-order valence-corrected chi connectivity index (χ0v) is 8.87. The molecule has 0 unspecified atom stereocenters. The number of rotatable bonds is 6. The Kier molecular flexibility index (Phi) is 3.19. The molecule has 1 aromatic rings. The second-order valence-electron chi connectivity index (χ2n) is 4.04. The first-order chi connectivity index (χ1) is 6.92. The van der Waals surface area contributed by atoms with E-state index in [-0.39, 0.29) is 0 Å². The summed E-state index contributed by atoms with van der Waals surface area (Å²) in [6, 6.07) is 0. The van der Waals surface area contributed by atoms with Gasteiger partial charge in [-0.05, 0) is 25.8 Å². The lowest BCUT2D eigenvalue weighted by atomic mass is 10.3. The first-order valence-corrected chi connectivity index (χ1v) is 5.62. The van der Waals surface area contributed by atoms with E-state index in [1.165, 1.54) is 25.0 Å². The van der Waals surface area contributed by atoms with E-state index >= 15 is 0 Å². The predicted molar refractivity (Wildman–Crippen MR) is 57.4 cm³/mol. The van der Waals surface area contributed by atoms with Gasteiger partial charge in [0, 0.05) is 30.9 Å². The molecule has 1 saturated carbocycles. The van der Waals surface area contributed by atoms with E-state index < -0.39 is 0 Å². The Morgan fingerprint density at radius 1 is 1.50 bits per heavy atom. The number of nitrogens with zero attached hydrogens (tertiary/aromatic N) is 2. The maximum atomic E-state index is 4.22. The van der Waals surface area contributed by atoms with Crippen molar-refractivity contribution in [2.45, 2.75) is 38.6 Å². The third kappa shape index (κ3) is 2.35. The summed E-state index contributed by atoms with van der Waals surface area (Å²) in [5, 5.41) is 3.41. The van der Waals surface area contributed by atoms with Gasteiger partial charge >= 0.3 is 0 Å². The van der Waals surface area contributed by atoms with Gasteiger partial charge in [0.05, 0.1) is 6.33 Å². The molecule has 0 spiro atoms. The van der Waals surface area contributed by atoms with Crippen LogP contribution in [-0.4, -0.2) is 22.6 Å². The molecule has 14 heavy (non-hydrogen) atoms. The van der Waals surface area contributed by atoms with Crippen molar-refractivity contribution in [3.63, 3.8) is 0 Å². The van der Waals surface area contributed by atoms with Gasteiger partial charge in [-0.1, -0.05) is 6.92 Å². The fourth-order valence-electron chi connectivity index (χ4n) is 1.74. The molecule has 3 nitrogen and oxygen atoms in total. The van der Waals surface area contributed by atoms with E-state index in [1.807, 2.05) is 12.5 Å². The standard InChI is InChI=1S/C11H19N3/c1-2-5-12-6-7-14-9-13-8-11(14)10-3-4-10/h8-10,12H,2-7H2,1H3. The highest BCUT2D eigenvalue weighted by atomic mass is 15.1. The summed E-state index contributed by atoms with van der Waals surface area (Å²) in [6.07, 6.45) is 7.90. The van der Waals surface area contributed by atoms with Gasteiger partial charge in [0.1, 0.15) is 0 Å². The summed E-state index contributed by atoms with van der Waals surface area (Å²) >= 11 is 0. The molecule has 2 rings (SSSR count). The average Bonchev–Trinajstić information content (AvgIpc) is 2.94. The van der Waals surface area contributed by atoms with Crippen LogP contribution in [0.1, 0.15) is 37.8 Å². The molecule has 1 aromatic heterocycles. The summed E-state index contributed by atoms with van der Waals surface area (Å²) in [6.45, 7) is 5.43. The van der Waals surface area contributed by atoms with Crippen LogP contribution in [0.25, 0.3) is 0 Å². The quantitative estimate of drug-likeness (QED) is 0.698. The fraction of sp³-hybridized carbons (Fsp3) is 0.727. The van der Waals surface area contributed by atoms with Crippen LogP contribution in [0.3, 0.4) is 0 Å². The molecule has 0 aromatic carbocycles. The number of imidazole rings is 1. The Labute approximate surface area is 85.5 Å². The minimum Gasteiger partial charge on any atom is -0.333 e. The second kappa shape index (κ2) is 4.60. The molecule has 0 amide bonds. The van der Waals surface area contributed by atoms with Gasteiger partial charge in [0.2, 0.25) is 0 Å². The van der Waals surface area contributed by atoms with E-state index in [1.54, 1.807) is 0 Å². The van der Waals surface area contributed by atoms with Gasteiger partial charge in [-0.3, -0.25) is 0 Å². The van der Waals surface area contributed by atoms with Crippen LogP contribution in [0, 0.1) is 0 Å². The van der Waals surface area contributed by atoms with Gasteiger partial charge in [-0.15, -0.1) is 0 Å². The number of nitrogens with one attached hydrogen (secondary N) is 1. The van der Waals surface area contributed by atoms with Crippen molar-refractivity contribution in [3.05, 3.63) is 18.2 Å². The zero-order chi connectivity index (χ0) is 9.80. The Morgan fingerprint density at radius 3 is 3.07 bits per heavy atom.